The fraction of sp³-hybridized carbons (Fsp3) is 0.632. The number of amides is 1. The average Bonchev–Trinajstić information content (AvgIpc) is 3.07. The minimum atomic E-state index is -0.498. The molecule has 9 heteroatoms. The van der Waals surface area contributed by atoms with E-state index in [1.807, 2.05) is 25.7 Å². The maximum atomic E-state index is 13.9. The molecule has 156 valence electrons. The predicted octanol–water partition coefficient (Wildman–Crippen LogP) is 1.88. The van der Waals surface area contributed by atoms with Gasteiger partial charge in [-0.2, -0.15) is 0 Å². The Bertz CT molecular complexity index is 677. The number of aromatic nitrogens is 1. The summed E-state index contributed by atoms with van der Waals surface area (Å²) in [4.78, 5) is 21.9. The van der Waals surface area contributed by atoms with Gasteiger partial charge in [-0.15, -0.1) is 0 Å². The van der Waals surface area contributed by atoms with Gasteiger partial charge in [0.1, 0.15) is 5.60 Å². The number of carbonyl (C=O) groups excluding carboxylic acids is 1. The lowest BCUT2D eigenvalue weighted by Gasteiger charge is -2.20. The van der Waals surface area contributed by atoms with Gasteiger partial charge in [0.25, 0.3) is 0 Å². The van der Waals surface area contributed by atoms with Crippen LogP contribution in [0.5, 0.6) is 0 Å². The number of nitrogens with zero attached hydrogens (tertiary/aromatic N) is 3. The van der Waals surface area contributed by atoms with E-state index < -0.39 is 11.7 Å². The fourth-order valence-electron chi connectivity index (χ4n) is 2.87. The first-order valence-corrected chi connectivity index (χ1v) is 9.58. The molecule has 1 aliphatic heterocycles. The van der Waals surface area contributed by atoms with Crippen molar-refractivity contribution in [2.24, 2.45) is 4.99 Å². The summed E-state index contributed by atoms with van der Waals surface area (Å²) in [7, 11) is 1.71. The molecule has 1 amide bonds. The third-order valence-electron chi connectivity index (χ3n) is 4.11. The first-order chi connectivity index (χ1) is 13.3. The number of alkyl carbamates (subject to hydrolysis) is 1. The summed E-state index contributed by atoms with van der Waals surface area (Å²) in [6.07, 6.45) is 2.79. The Labute approximate surface area is 165 Å². The summed E-state index contributed by atoms with van der Waals surface area (Å²) in [5, 5.41) is 9.30. The van der Waals surface area contributed by atoms with E-state index in [0.717, 1.165) is 19.4 Å². The Morgan fingerprint density at radius 3 is 2.82 bits per heavy atom. The smallest absolute Gasteiger partial charge is 0.407 e. The van der Waals surface area contributed by atoms with Crippen LogP contribution in [0.15, 0.2) is 23.3 Å². The summed E-state index contributed by atoms with van der Waals surface area (Å²) in [6, 6.07) is 3.18. The van der Waals surface area contributed by atoms with Gasteiger partial charge in [-0.1, -0.05) is 0 Å². The molecule has 1 saturated heterocycles. The number of ether oxygens (including phenoxy) is 1. The van der Waals surface area contributed by atoms with Gasteiger partial charge in [-0.25, -0.2) is 14.2 Å². The molecule has 0 radical (unpaired) electrons. The normalized spacial score (nSPS) is 17.4. The molecule has 2 rings (SSSR count). The molecule has 3 N–H and O–H groups in total. The molecule has 0 bridgehead atoms. The Morgan fingerprint density at radius 2 is 2.14 bits per heavy atom. The molecule has 0 saturated carbocycles. The van der Waals surface area contributed by atoms with Crippen molar-refractivity contribution in [2.75, 3.05) is 38.1 Å². The number of anilines is 1. The lowest BCUT2D eigenvalue weighted by Crippen LogP contribution is -2.45. The summed E-state index contributed by atoms with van der Waals surface area (Å²) >= 11 is 0. The molecule has 28 heavy (non-hydrogen) atoms. The Kier molecular flexibility index (Phi) is 7.83. The van der Waals surface area contributed by atoms with Gasteiger partial charge in [-0.05, 0) is 45.7 Å². The second-order valence-corrected chi connectivity index (χ2v) is 7.67. The van der Waals surface area contributed by atoms with Crippen molar-refractivity contribution >= 4 is 17.9 Å². The maximum Gasteiger partial charge on any atom is 0.407 e. The van der Waals surface area contributed by atoms with Crippen molar-refractivity contribution in [3.05, 3.63) is 24.1 Å². The van der Waals surface area contributed by atoms with Crippen molar-refractivity contribution in [3.8, 4) is 0 Å². The van der Waals surface area contributed by atoms with Crippen LogP contribution in [0.25, 0.3) is 0 Å². The molecule has 1 atom stereocenters. The highest BCUT2D eigenvalue weighted by molar-refractivity contribution is 5.80. The zero-order valence-electron chi connectivity index (χ0n) is 17.1. The Morgan fingerprint density at radius 1 is 1.39 bits per heavy atom. The molecule has 1 fully saturated rings. The molecule has 1 aromatic heterocycles. The summed E-state index contributed by atoms with van der Waals surface area (Å²) in [5.74, 6) is 0.775. The predicted molar refractivity (Wildman–Crippen MR) is 108 cm³/mol. The van der Waals surface area contributed by atoms with Crippen LogP contribution < -0.4 is 20.9 Å². The standard InChI is InChI=1S/C19H31FN6O2/c1-19(2,3)28-18(27)24-11-6-10-23-17(21-4)25-14-8-12-26(13-14)16-15(20)7-5-9-22-16/h5,7,9,14H,6,8,10-13H2,1-4H3,(H,24,27)(H2,21,23,25). The lowest BCUT2D eigenvalue weighted by atomic mass is 10.2. The minimum absolute atomic E-state index is 0.160. The van der Waals surface area contributed by atoms with Crippen LogP contribution in [0, 0.1) is 5.82 Å². The number of halogens is 1. The Balaban J connectivity index is 1.67. The third-order valence-corrected chi connectivity index (χ3v) is 4.11. The number of carbonyl (C=O) groups is 1. The Hall–Kier alpha value is -2.58. The highest BCUT2D eigenvalue weighted by Crippen LogP contribution is 2.20. The van der Waals surface area contributed by atoms with E-state index in [4.69, 9.17) is 4.74 Å². The van der Waals surface area contributed by atoms with Gasteiger partial charge in [0.05, 0.1) is 0 Å². The van der Waals surface area contributed by atoms with Gasteiger partial charge >= 0.3 is 6.09 Å². The maximum absolute atomic E-state index is 13.9. The van der Waals surface area contributed by atoms with Crippen LogP contribution in [-0.4, -0.2) is 61.9 Å². The largest absolute Gasteiger partial charge is 0.444 e. The van der Waals surface area contributed by atoms with Crippen molar-refractivity contribution in [3.63, 3.8) is 0 Å². The number of rotatable bonds is 6. The molecular formula is C19H31FN6O2. The highest BCUT2D eigenvalue weighted by atomic mass is 19.1. The van der Waals surface area contributed by atoms with E-state index >= 15 is 0 Å². The van der Waals surface area contributed by atoms with Crippen LogP contribution in [0.1, 0.15) is 33.6 Å². The monoisotopic (exact) mass is 394 g/mol. The zero-order valence-corrected chi connectivity index (χ0v) is 17.1. The van der Waals surface area contributed by atoms with Gasteiger partial charge < -0.3 is 25.6 Å². The second kappa shape index (κ2) is 10.1. The van der Waals surface area contributed by atoms with E-state index in [0.29, 0.717) is 31.4 Å². The minimum Gasteiger partial charge on any atom is -0.444 e. The fourth-order valence-corrected chi connectivity index (χ4v) is 2.87. The van der Waals surface area contributed by atoms with Crippen molar-refractivity contribution in [2.45, 2.75) is 45.3 Å². The quantitative estimate of drug-likeness (QED) is 0.388. The number of aliphatic imine (C=N–C) groups is 1. The molecule has 0 aliphatic carbocycles. The molecule has 1 unspecified atom stereocenters. The molecule has 1 aromatic rings. The van der Waals surface area contributed by atoms with Crippen molar-refractivity contribution < 1.29 is 13.9 Å². The van der Waals surface area contributed by atoms with Crippen LogP contribution in [-0.2, 0) is 4.74 Å². The van der Waals surface area contributed by atoms with Crippen LogP contribution in [0.3, 0.4) is 0 Å². The number of hydrogen-bond donors (Lipinski definition) is 3. The van der Waals surface area contributed by atoms with E-state index in [-0.39, 0.29) is 11.9 Å². The highest BCUT2D eigenvalue weighted by Gasteiger charge is 2.25. The van der Waals surface area contributed by atoms with E-state index in [1.54, 1.807) is 19.3 Å². The summed E-state index contributed by atoms with van der Waals surface area (Å²) in [6.45, 7) is 8.05. The molecule has 0 spiro atoms. The van der Waals surface area contributed by atoms with Crippen LogP contribution in [0.2, 0.25) is 0 Å². The molecule has 2 heterocycles. The zero-order chi connectivity index (χ0) is 20.6. The van der Waals surface area contributed by atoms with Gasteiger partial charge in [0.15, 0.2) is 17.6 Å². The number of hydrogen-bond acceptors (Lipinski definition) is 5. The topological polar surface area (TPSA) is 90.9 Å². The summed E-state index contributed by atoms with van der Waals surface area (Å²) in [5.41, 5.74) is -0.498. The van der Waals surface area contributed by atoms with Gasteiger partial charge in [0.2, 0.25) is 0 Å². The molecule has 8 nitrogen and oxygen atoms in total. The first kappa shape index (κ1) is 21.7. The first-order valence-electron chi connectivity index (χ1n) is 9.58. The van der Waals surface area contributed by atoms with Crippen LogP contribution >= 0.6 is 0 Å². The number of guanidine groups is 1. The van der Waals surface area contributed by atoms with Gasteiger partial charge in [-0.3, -0.25) is 4.99 Å². The van der Waals surface area contributed by atoms with Gasteiger partial charge in [0, 0.05) is 45.5 Å². The number of nitrogens with one attached hydrogen (secondary N) is 3. The third kappa shape index (κ3) is 7.21. The molecule has 1 aliphatic rings. The van der Waals surface area contributed by atoms with E-state index in [2.05, 4.69) is 25.9 Å². The number of pyridine rings is 1. The molecule has 0 aromatic carbocycles. The average molecular weight is 394 g/mol. The van der Waals surface area contributed by atoms with E-state index in [1.165, 1.54) is 6.07 Å². The second-order valence-electron chi connectivity index (χ2n) is 7.67. The van der Waals surface area contributed by atoms with E-state index in [9.17, 15) is 9.18 Å². The SMILES string of the molecule is CN=C(NCCCNC(=O)OC(C)(C)C)NC1CCN(c2ncccc2F)C1. The summed E-state index contributed by atoms with van der Waals surface area (Å²) < 4.78 is 19.1. The van der Waals surface area contributed by atoms with Crippen molar-refractivity contribution in [1.82, 2.24) is 20.9 Å². The lowest BCUT2D eigenvalue weighted by molar-refractivity contribution is 0.0527. The van der Waals surface area contributed by atoms with Crippen LogP contribution in [0.4, 0.5) is 15.0 Å². The molecular weight excluding hydrogens is 363 g/mol. The van der Waals surface area contributed by atoms with Crippen molar-refractivity contribution in [1.29, 1.82) is 0 Å².